The zero-order valence-electron chi connectivity index (χ0n) is 23.5. The summed E-state index contributed by atoms with van der Waals surface area (Å²) in [6, 6.07) is 20.3. The van der Waals surface area contributed by atoms with E-state index in [1.807, 2.05) is 24.3 Å². The van der Waals surface area contributed by atoms with Crippen molar-refractivity contribution >= 4 is 68.1 Å². The molecule has 3 amide bonds. The van der Waals surface area contributed by atoms with Crippen LogP contribution in [-0.4, -0.2) is 27.5 Å². The number of fused-ring (bicyclic) bond motifs is 2. The molecule has 2 aliphatic heterocycles. The van der Waals surface area contributed by atoms with Gasteiger partial charge in [0.2, 0.25) is 17.7 Å². The lowest BCUT2D eigenvalue weighted by Crippen LogP contribution is -2.33. The van der Waals surface area contributed by atoms with Gasteiger partial charge in [0.15, 0.2) is 0 Å². The molecule has 220 valence electrons. The third-order valence-electron chi connectivity index (χ3n) is 7.70. The van der Waals surface area contributed by atoms with Gasteiger partial charge in [0, 0.05) is 21.0 Å². The summed E-state index contributed by atoms with van der Waals surface area (Å²) in [4.78, 5) is 55.9. The van der Waals surface area contributed by atoms with Crippen molar-refractivity contribution in [2.75, 3.05) is 10.2 Å². The van der Waals surface area contributed by atoms with Crippen LogP contribution in [0.25, 0.3) is 0 Å². The van der Waals surface area contributed by atoms with Gasteiger partial charge in [-0.2, -0.15) is 0 Å². The van der Waals surface area contributed by atoms with E-state index in [-0.39, 0.29) is 28.6 Å². The number of nitrogens with zero attached hydrogens (tertiary/aromatic N) is 2. The van der Waals surface area contributed by atoms with Gasteiger partial charge in [0.1, 0.15) is 17.6 Å². The standard InChI is InChI=1S/C32H27BrFN3O4S2/c1-32(2,3)18-6-4-17(5-7-18)24-25-26(29(40)37(28(25)39)22-14-8-19(33)9-15-22)42-30-27(24)43-31(41)36(30)16-23(38)35-21-12-10-20(34)11-13-21/h4-15,24-26H,16H2,1-3H3,(H,35,38)/t24-,25-,26+/m0/s1. The van der Waals surface area contributed by atoms with Gasteiger partial charge >= 0.3 is 4.87 Å². The molecule has 1 N–H and O–H groups in total. The molecule has 0 bridgehead atoms. The van der Waals surface area contributed by atoms with Crippen LogP contribution in [0, 0.1) is 11.7 Å². The van der Waals surface area contributed by atoms with Gasteiger partial charge in [-0.25, -0.2) is 9.29 Å². The number of carbonyl (C=O) groups excluding carboxylic acids is 3. The third kappa shape index (κ3) is 5.49. The van der Waals surface area contributed by atoms with E-state index >= 15 is 0 Å². The largest absolute Gasteiger partial charge is 0.325 e. The van der Waals surface area contributed by atoms with Crippen molar-refractivity contribution in [3.8, 4) is 0 Å². The molecule has 3 heterocycles. The van der Waals surface area contributed by atoms with Crippen molar-refractivity contribution in [3.63, 3.8) is 0 Å². The average molecular weight is 681 g/mol. The molecule has 0 unspecified atom stereocenters. The Balaban J connectivity index is 1.41. The Morgan fingerprint density at radius 2 is 1.58 bits per heavy atom. The summed E-state index contributed by atoms with van der Waals surface area (Å²) in [6.45, 7) is 6.06. The van der Waals surface area contributed by atoms with E-state index in [0.29, 0.717) is 21.3 Å². The number of thioether (sulfide) groups is 1. The molecule has 3 aromatic carbocycles. The molecule has 3 atom stereocenters. The fourth-order valence-electron chi connectivity index (χ4n) is 5.53. The molecule has 11 heteroatoms. The molecule has 0 aliphatic carbocycles. The maximum atomic E-state index is 14.1. The van der Waals surface area contributed by atoms with Crippen molar-refractivity contribution in [2.45, 2.75) is 48.9 Å². The summed E-state index contributed by atoms with van der Waals surface area (Å²) in [7, 11) is 0. The van der Waals surface area contributed by atoms with Crippen LogP contribution in [0.3, 0.4) is 0 Å². The number of nitrogens with one attached hydrogen (secondary N) is 1. The number of hydrogen-bond donors (Lipinski definition) is 1. The summed E-state index contributed by atoms with van der Waals surface area (Å²) in [5.41, 5.74) is 2.74. The van der Waals surface area contributed by atoms with Gasteiger partial charge in [-0.15, -0.1) is 0 Å². The molecule has 1 aromatic heterocycles. The van der Waals surface area contributed by atoms with Crippen LogP contribution in [0.4, 0.5) is 15.8 Å². The molecule has 1 fully saturated rings. The van der Waals surface area contributed by atoms with Gasteiger partial charge in [-0.05, 0) is 65.1 Å². The zero-order chi connectivity index (χ0) is 30.6. The second kappa shape index (κ2) is 11.2. The second-order valence-electron chi connectivity index (χ2n) is 11.6. The molecular formula is C32H27BrFN3O4S2. The summed E-state index contributed by atoms with van der Waals surface area (Å²) < 4.78 is 15.5. The molecule has 2 aliphatic rings. The van der Waals surface area contributed by atoms with E-state index in [9.17, 15) is 23.6 Å². The lowest BCUT2D eigenvalue weighted by Gasteiger charge is -2.31. The second-order valence-corrected chi connectivity index (χ2v) is 14.6. The summed E-state index contributed by atoms with van der Waals surface area (Å²) in [5, 5.41) is 2.42. The normalized spacial score (nSPS) is 19.7. The fourth-order valence-corrected chi connectivity index (χ4v) is 8.56. The molecular weight excluding hydrogens is 653 g/mol. The highest BCUT2D eigenvalue weighted by Gasteiger charge is 2.56. The van der Waals surface area contributed by atoms with Crippen molar-refractivity contribution in [1.29, 1.82) is 0 Å². The van der Waals surface area contributed by atoms with Crippen LogP contribution >= 0.6 is 39.0 Å². The Bertz CT molecular complexity index is 1790. The van der Waals surface area contributed by atoms with Crippen LogP contribution in [0.2, 0.25) is 0 Å². The number of carbonyl (C=O) groups is 3. The summed E-state index contributed by atoms with van der Waals surface area (Å²) >= 11 is 5.57. The van der Waals surface area contributed by atoms with Crippen LogP contribution in [0.1, 0.15) is 42.7 Å². The smallest absolute Gasteiger partial charge is 0.308 e. The van der Waals surface area contributed by atoms with Gasteiger partial charge in [0.05, 0.1) is 16.6 Å². The first-order valence-electron chi connectivity index (χ1n) is 13.6. The molecule has 0 saturated carbocycles. The highest BCUT2D eigenvalue weighted by atomic mass is 79.9. The van der Waals surface area contributed by atoms with Crippen LogP contribution in [0.5, 0.6) is 0 Å². The van der Waals surface area contributed by atoms with E-state index in [1.165, 1.54) is 45.5 Å². The predicted molar refractivity (Wildman–Crippen MR) is 170 cm³/mol. The minimum atomic E-state index is -0.781. The fraction of sp³-hybridized carbons (Fsp3) is 0.250. The van der Waals surface area contributed by atoms with Crippen molar-refractivity contribution in [3.05, 3.63) is 109 Å². The minimum Gasteiger partial charge on any atom is -0.325 e. The lowest BCUT2D eigenvalue weighted by molar-refractivity contribution is -0.122. The van der Waals surface area contributed by atoms with Crippen LogP contribution in [0.15, 0.2) is 87.1 Å². The molecule has 4 aromatic rings. The van der Waals surface area contributed by atoms with Crippen molar-refractivity contribution in [1.82, 2.24) is 4.57 Å². The number of anilines is 2. The Kier molecular flexibility index (Phi) is 7.68. The van der Waals surface area contributed by atoms with E-state index in [0.717, 1.165) is 26.9 Å². The summed E-state index contributed by atoms with van der Waals surface area (Å²) in [5.74, 6) is -2.85. The average Bonchev–Trinajstić information content (AvgIpc) is 3.40. The maximum Gasteiger partial charge on any atom is 0.308 e. The summed E-state index contributed by atoms with van der Waals surface area (Å²) in [6.07, 6.45) is 0. The molecule has 7 nitrogen and oxygen atoms in total. The highest BCUT2D eigenvalue weighted by molar-refractivity contribution is 9.10. The molecule has 0 spiro atoms. The zero-order valence-corrected chi connectivity index (χ0v) is 26.7. The molecule has 1 saturated heterocycles. The first-order valence-corrected chi connectivity index (χ1v) is 16.1. The topological polar surface area (TPSA) is 88.5 Å². The predicted octanol–water partition coefficient (Wildman–Crippen LogP) is 6.54. The number of benzene rings is 3. The van der Waals surface area contributed by atoms with Crippen molar-refractivity contribution < 1.29 is 18.8 Å². The van der Waals surface area contributed by atoms with Crippen LogP contribution in [-0.2, 0) is 26.3 Å². The lowest BCUT2D eigenvalue weighted by atomic mass is 9.81. The van der Waals surface area contributed by atoms with Gasteiger partial charge in [-0.3, -0.25) is 23.7 Å². The quantitative estimate of drug-likeness (QED) is 0.242. The van der Waals surface area contributed by atoms with Crippen LogP contribution < -0.4 is 15.1 Å². The highest BCUT2D eigenvalue weighted by Crippen LogP contribution is 2.54. The van der Waals surface area contributed by atoms with E-state index in [2.05, 4.69) is 42.0 Å². The number of amides is 3. The van der Waals surface area contributed by atoms with Gasteiger partial charge < -0.3 is 5.32 Å². The van der Waals surface area contributed by atoms with E-state index < -0.39 is 28.8 Å². The molecule has 43 heavy (non-hydrogen) atoms. The molecule has 6 rings (SSSR count). The Morgan fingerprint density at radius 3 is 2.21 bits per heavy atom. The minimum absolute atomic E-state index is 0.0851. The Hall–Kier alpha value is -3.54. The molecule has 0 radical (unpaired) electrons. The number of halogens is 2. The SMILES string of the molecule is CC(C)(C)c1ccc([C@@H]2c3sc(=O)n(CC(=O)Nc4ccc(F)cc4)c3S[C@H]3C(=O)N(c4ccc(Br)cc4)C(=O)[C@@H]23)cc1. The number of thiazole rings is 1. The Labute approximate surface area is 264 Å². The first kappa shape index (κ1) is 29.5. The number of imide groups is 1. The third-order valence-corrected chi connectivity index (χ3v) is 10.8. The number of rotatable bonds is 5. The van der Waals surface area contributed by atoms with E-state index in [1.54, 1.807) is 24.3 Å². The van der Waals surface area contributed by atoms with Gasteiger partial charge in [0.25, 0.3) is 0 Å². The first-order chi connectivity index (χ1) is 20.4. The monoisotopic (exact) mass is 679 g/mol. The van der Waals surface area contributed by atoms with Crippen molar-refractivity contribution in [2.24, 2.45) is 5.92 Å². The number of hydrogen-bond acceptors (Lipinski definition) is 6. The van der Waals surface area contributed by atoms with E-state index in [4.69, 9.17) is 0 Å². The maximum absolute atomic E-state index is 14.1. The van der Waals surface area contributed by atoms with Gasteiger partial charge in [-0.1, -0.05) is 84.1 Å². The Morgan fingerprint density at radius 1 is 0.930 bits per heavy atom. The number of aromatic nitrogens is 1.